The lowest BCUT2D eigenvalue weighted by molar-refractivity contribution is -0.119. The third-order valence-electron chi connectivity index (χ3n) is 1.32. The van der Waals surface area contributed by atoms with Crippen molar-refractivity contribution in [2.24, 2.45) is 0 Å². The number of aromatic nitrogens is 1. The van der Waals surface area contributed by atoms with E-state index in [-0.39, 0.29) is 23.8 Å². The number of amides is 1. The number of nitrogens with zero attached hydrogens (tertiary/aromatic N) is 1. The molecule has 1 amide bonds. The van der Waals surface area contributed by atoms with Crippen LogP contribution in [0.5, 0.6) is 0 Å². The summed E-state index contributed by atoms with van der Waals surface area (Å²) < 4.78 is 4.59. The molecular weight excluding hydrogens is 160 g/mol. The maximum atomic E-state index is 11.1. The molecule has 0 atom stereocenters. The monoisotopic (exact) mass is 168 g/mol. The van der Waals surface area contributed by atoms with Crippen molar-refractivity contribution in [3.63, 3.8) is 0 Å². The van der Waals surface area contributed by atoms with Crippen molar-refractivity contribution in [3.8, 4) is 0 Å². The third kappa shape index (κ3) is 1.91. The molecule has 0 spiro atoms. The number of hydrogen-bond acceptors (Lipinski definition) is 4. The number of carbonyl (C=O) groups is 2. The Hall–Kier alpha value is -1.65. The molecule has 0 unspecified atom stereocenters. The fourth-order valence-corrected chi connectivity index (χ4v) is 0.675. The van der Waals surface area contributed by atoms with E-state index in [1.807, 2.05) is 0 Å². The van der Waals surface area contributed by atoms with Gasteiger partial charge in [-0.25, -0.2) is 4.98 Å². The summed E-state index contributed by atoms with van der Waals surface area (Å²) in [6, 6.07) is 0. The maximum Gasteiger partial charge on any atom is 0.227 e. The van der Waals surface area contributed by atoms with Crippen molar-refractivity contribution in [1.82, 2.24) is 10.3 Å². The molecule has 1 N–H and O–H groups in total. The molecule has 1 aromatic heterocycles. The van der Waals surface area contributed by atoms with Crippen molar-refractivity contribution in [2.45, 2.75) is 6.42 Å². The van der Waals surface area contributed by atoms with E-state index in [1.165, 1.54) is 13.3 Å². The van der Waals surface area contributed by atoms with Crippen LogP contribution >= 0.6 is 0 Å². The first-order valence-corrected chi connectivity index (χ1v) is 3.36. The van der Waals surface area contributed by atoms with Crippen LogP contribution in [0.4, 0.5) is 0 Å². The summed E-state index contributed by atoms with van der Waals surface area (Å²) in [7, 11) is 1.47. The highest BCUT2D eigenvalue weighted by molar-refractivity contribution is 6.05. The topological polar surface area (TPSA) is 72.2 Å². The van der Waals surface area contributed by atoms with E-state index in [4.69, 9.17) is 0 Å². The number of nitrogens with one attached hydrogen (secondary N) is 1. The lowest BCUT2D eigenvalue weighted by atomic mass is 10.2. The van der Waals surface area contributed by atoms with Gasteiger partial charge < -0.3 is 9.73 Å². The smallest absolute Gasteiger partial charge is 0.227 e. The highest BCUT2D eigenvalue weighted by atomic mass is 16.3. The molecule has 0 aliphatic carbocycles. The van der Waals surface area contributed by atoms with Crippen LogP contribution in [0.2, 0.25) is 0 Å². The Morgan fingerprint density at radius 3 is 2.92 bits per heavy atom. The Kier molecular flexibility index (Phi) is 2.57. The zero-order chi connectivity index (χ0) is 8.97. The molecule has 0 aliphatic rings. The highest BCUT2D eigenvalue weighted by Gasteiger charge is 2.12. The lowest BCUT2D eigenvalue weighted by Gasteiger charge is -1.94. The van der Waals surface area contributed by atoms with Crippen molar-refractivity contribution in [3.05, 3.63) is 18.4 Å². The number of Topliss-reactive ketones (excluding diaryl/α,β-unsaturated/α-hetero) is 1. The van der Waals surface area contributed by atoms with Crippen LogP contribution in [-0.4, -0.2) is 23.7 Å². The van der Waals surface area contributed by atoms with Gasteiger partial charge in [-0.1, -0.05) is 0 Å². The lowest BCUT2D eigenvalue weighted by Crippen LogP contribution is -2.21. The first kappa shape index (κ1) is 8.45. The Morgan fingerprint density at radius 1 is 1.67 bits per heavy atom. The standard InChI is InChI=1S/C7H8N2O3/c1-8-7(11)2-6(10)5-3-12-4-9-5/h3-4H,2H2,1H3,(H,8,11). The Balaban J connectivity index is 2.56. The second kappa shape index (κ2) is 3.66. The summed E-state index contributed by atoms with van der Waals surface area (Å²) in [4.78, 5) is 25.4. The van der Waals surface area contributed by atoms with E-state index in [0.29, 0.717) is 0 Å². The summed E-state index contributed by atoms with van der Waals surface area (Å²) >= 11 is 0. The fraction of sp³-hybridized carbons (Fsp3) is 0.286. The van der Waals surface area contributed by atoms with Crippen molar-refractivity contribution in [2.75, 3.05) is 7.05 Å². The van der Waals surface area contributed by atoms with Crippen LogP contribution in [0, 0.1) is 0 Å². The van der Waals surface area contributed by atoms with Crippen molar-refractivity contribution >= 4 is 11.7 Å². The predicted octanol–water partition coefficient (Wildman–Crippen LogP) is -0.00660. The molecule has 5 nitrogen and oxygen atoms in total. The van der Waals surface area contributed by atoms with Gasteiger partial charge in [0.15, 0.2) is 12.2 Å². The molecule has 5 heteroatoms. The van der Waals surface area contributed by atoms with E-state index in [1.54, 1.807) is 0 Å². The Labute approximate surface area is 68.8 Å². The van der Waals surface area contributed by atoms with E-state index in [0.717, 1.165) is 6.39 Å². The van der Waals surface area contributed by atoms with Crippen molar-refractivity contribution < 1.29 is 14.0 Å². The summed E-state index contributed by atoms with van der Waals surface area (Å²) in [5.74, 6) is -0.675. The van der Waals surface area contributed by atoms with Gasteiger partial charge in [0.05, 0.1) is 6.42 Å². The van der Waals surface area contributed by atoms with Crippen molar-refractivity contribution in [1.29, 1.82) is 0 Å². The zero-order valence-electron chi connectivity index (χ0n) is 6.53. The fourth-order valence-electron chi connectivity index (χ4n) is 0.675. The predicted molar refractivity (Wildman–Crippen MR) is 39.5 cm³/mol. The summed E-state index contributed by atoms with van der Waals surface area (Å²) in [5.41, 5.74) is 0.179. The maximum absolute atomic E-state index is 11.1. The molecule has 0 radical (unpaired) electrons. The van der Waals surface area contributed by atoms with E-state index in [9.17, 15) is 9.59 Å². The van der Waals surface area contributed by atoms with Gasteiger partial charge in [-0.05, 0) is 0 Å². The van der Waals surface area contributed by atoms with Gasteiger partial charge in [-0.2, -0.15) is 0 Å². The van der Waals surface area contributed by atoms with Crippen LogP contribution < -0.4 is 5.32 Å². The number of hydrogen-bond donors (Lipinski definition) is 1. The Morgan fingerprint density at radius 2 is 2.42 bits per heavy atom. The van der Waals surface area contributed by atoms with Crippen LogP contribution in [0.1, 0.15) is 16.9 Å². The minimum absolute atomic E-state index is 0.179. The molecule has 0 fully saturated rings. The Bertz CT molecular complexity index is 279. The SMILES string of the molecule is CNC(=O)CC(=O)c1cocn1. The second-order valence-corrected chi connectivity index (χ2v) is 2.15. The molecule has 0 aliphatic heterocycles. The van der Waals surface area contributed by atoms with Gasteiger partial charge in [0, 0.05) is 7.05 Å². The molecule has 1 rings (SSSR count). The average Bonchev–Trinajstić information content (AvgIpc) is 2.56. The summed E-state index contributed by atoms with van der Waals surface area (Å²) in [5, 5.41) is 2.34. The van der Waals surface area contributed by atoms with E-state index >= 15 is 0 Å². The molecule has 0 saturated heterocycles. The van der Waals surface area contributed by atoms with Gasteiger partial charge in [0.25, 0.3) is 0 Å². The first-order valence-electron chi connectivity index (χ1n) is 3.36. The summed E-state index contributed by atoms with van der Waals surface area (Å²) in [6.07, 6.45) is 2.17. The van der Waals surface area contributed by atoms with Gasteiger partial charge in [0.2, 0.25) is 5.91 Å². The largest absolute Gasteiger partial charge is 0.451 e. The van der Waals surface area contributed by atoms with Crippen LogP contribution in [0.15, 0.2) is 17.1 Å². The average molecular weight is 168 g/mol. The van der Waals surface area contributed by atoms with E-state index < -0.39 is 0 Å². The van der Waals surface area contributed by atoms with Crippen LogP contribution in [0.3, 0.4) is 0 Å². The third-order valence-corrected chi connectivity index (χ3v) is 1.32. The minimum Gasteiger partial charge on any atom is -0.451 e. The molecule has 0 aromatic carbocycles. The first-order chi connectivity index (χ1) is 5.74. The van der Waals surface area contributed by atoms with Crippen LogP contribution in [0.25, 0.3) is 0 Å². The normalized spacial score (nSPS) is 9.42. The molecule has 12 heavy (non-hydrogen) atoms. The molecule has 64 valence electrons. The minimum atomic E-state index is -0.344. The van der Waals surface area contributed by atoms with Gasteiger partial charge in [-0.3, -0.25) is 9.59 Å². The number of rotatable bonds is 3. The second-order valence-electron chi connectivity index (χ2n) is 2.15. The molecule has 1 heterocycles. The number of ketones is 1. The molecular formula is C7H8N2O3. The molecule has 0 saturated carbocycles. The van der Waals surface area contributed by atoms with Crippen LogP contribution in [-0.2, 0) is 4.79 Å². The molecule has 0 bridgehead atoms. The summed E-state index contributed by atoms with van der Waals surface area (Å²) in [6.45, 7) is 0. The van der Waals surface area contributed by atoms with Gasteiger partial charge in [0.1, 0.15) is 12.0 Å². The van der Waals surface area contributed by atoms with E-state index in [2.05, 4.69) is 14.7 Å². The molecule has 1 aromatic rings. The zero-order valence-corrected chi connectivity index (χ0v) is 6.53. The number of oxazole rings is 1. The number of carbonyl (C=O) groups excluding carboxylic acids is 2. The van der Waals surface area contributed by atoms with Gasteiger partial charge in [-0.15, -0.1) is 0 Å². The highest BCUT2D eigenvalue weighted by Crippen LogP contribution is 1.98. The quantitative estimate of drug-likeness (QED) is 0.509. The van der Waals surface area contributed by atoms with Gasteiger partial charge >= 0.3 is 0 Å².